The van der Waals surface area contributed by atoms with Crippen molar-refractivity contribution in [1.29, 1.82) is 0 Å². The SMILES string of the molecule is CCC(C)(C)C(CCCC(=O)C1CCCC1NC(=O)c1cccc(C(=O)NC)c1)c1ccc(O)cc1. The number of phenols is 1. The second kappa shape index (κ2) is 12.2. The molecule has 3 N–H and O–H groups in total. The number of hydrogen-bond acceptors (Lipinski definition) is 4. The number of ketones is 1. The molecule has 1 aliphatic carbocycles. The summed E-state index contributed by atoms with van der Waals surface area (Å²) in [7, 11) is 1.56. The molecule has 36 heavy (non-hydrogen) atoms. The highest BCUT2D eigenvalue weighted by Gasteiger charge is 2.34. The van der Waals surface area contributed by atoms with Crippen molar-refractivity contribution < 1.29 is 19.5 Å². The lowest BCUT2D eigenvalue weighted by Crippen LogP contribution is -2.40. The Bertz CT molecular complexity index is 1060. The van der Waals surface area contributed by atoms with E-state index in [-0.39, 0.29) is 40.7 Å². The summed E-state index contributed by atoms with van der Waals surface area (Å²) in [5.74, 6) is 0.121. The maximum absolute atomic E-state index is 13.2. The lowest BCUT2D eigenvalue weighted by Gasteiger charge is -2.34. The summed E-state index contributed by atoms with van der Waals surface area (Å²) < 4.78 is 0. The molecule has 2 amide bonds. The molecule has 1 fully saturated rings. The van der Waals surface area contributed by atoms with Gasteiger partial charge < -0.3 is 15.7 Å². The molecule has 3 unspecified atom stereocenters. The number of Topliss-reactive ketones (excluding diaryl/α,β-unsaturated/α-hetero) is 1. The number of benzene rings is 2. The number of phenolic OH excluding ortho intramolecular Hbond substituents is 1. The highest BCUT2D eigenvalue weighted by atomic mass is 16.3. The van der Waals surface area contributed by atoms with Gasteiger partial charge in [-0.3, -0.25) is 14.4 Å². The molecule has 6 nitrogen and oxygen atoms in total. The van der Waals surface area contributed by atoms with Gasteiger partial charge in [0, 0.05) is 36.6 Å². The van der Waals surface area contributed by atoms with E-state index in [4.69, 9.17) is 0 Å². The summed E-state index contributed by atoms with van der Waals surface area (Å²) in [5.41, 5.74) is 2.12. The van der Waals surface area contributed by atoms with Crippen molar-refractivity contribution in [2.75, 3.05) is 7.05 Å². The van der Waals surface area contributed by atoms with Gasteiger partial charge in [0.1, 0.15) is 11.5 Å². The second-order valence-electron chi connectivity index (χ2n) is 10.6. The van der Waals surface area contributed by atoms with Crippen LogP contribution in [-0.2, 0) is 4.79 Å². The number of carbonyl (C=O) groups excluding carboxylic acids is 3. The van der Waals surface area contributed by atoms with Gasteiger partial charge >= 0.3 is 0 Å². The standard InChI is InChI=1S/C30H40N2O4/c1-5-30(2,3)25(20-15-17-23(33)18-16-20)12-8-14-27(34)24-11-7-13-26(24)32-29(36)22-10-6-9-21(19-22)28(35)31-4/h6,9-10,15-19,24-26,33H,5,7-8,11-14H2,1-4H3,(H,31,35)(H,32,36). The summed E-state index contributed by atoms with van der Waals surface area (Å²) in [6, 6.07) is 13.9. The molecule has 2 aromatic carbocycles. The highest BCUT2D eigenvalue weighted by molar-refractivity contribution is 5.99. The third-order valence-electron chi connectivity index (χ3n) is 7.93. The van der Waals surface area contributed by atoms with Crippen LogP contribution in [0.2, 0.25) is 0 Å². The number of carbonyl (C=O) groups is 3. The minimum absolute atomic E-state index is 0.0765. The molecule has 0 bridgehead atoms. The van der Waals surface area contributed by atoms with Gasteiger partial charge in [-0.2, -0.15) is 0 Å². The summed E-state index contributed by atoms with van der Waals surface area (Å²) in [6.07, 6.45) is 5.70. The molecule has 3 atom stereocenters. The van der Waals surface area contributed by atoms with Crippen molar-refractivity contribution in [3.05, 3.63) is 65.2 Å². The van der Waals surface area contributed by atoms with E-state index >= 15 is 0 Å². The fraction of sp³-hybridized carbons (Fsp3) is 0.500. The van der Waals surface area contributed by atoms with Gasteiger partial charge in [0.25, 0.3) is 11.8 Å². The normalized spacial score (nSPS) is 18.4. The first-order valence-corrected chi connectivity index (χ1v) is 13.1. The van der Waals surface area contributed by atoms with Gasteiger partial charge in [-0.15, -0.1) is 0 Å². The topological polar surface area (TPSA) is 95.5 Å². The zero-order valence-corrected chi connectivity index (χ0v) is 22.0. The van der Waals surface area contributed by atoms with E-state index in [0.717, 1.165) is 38.5 Å². The van der Waals surface area contributed by atoms with Crippen LogP contribution in [0.5, 0.6) is 5.75 Å². The lowest BCUT2D eigenvalue weighted by atomic mass is 9.71. The molecule has 0 aromatic heterocycles. The monoisotopic (exact) mass is 492 g/mol. The Morgan fingerprint density at radius 3 is 2.33 bits per heavy atom. The molecule has 0 spiro atoms. The Hall–Kier alpha value is -3.15. The van der Waals surface area contributed by atoms with E-state index in [1.165, 1.54) is 5.56 Å². The Morgan fingerprint density at radius 1 is 1.03 bits per heavy atom. The summed E-state index contributed by atoms with van der Waals surface area (Å²) in [5, 5.41) is 15.3. The van der Waals surface area contributed by atoms with E-state index < -0.39 is 0 Å². The van der Waals surface area contributed by atoms with Crippen LogP contribution in [0.1, 0.15) is 97.9 Å². The number of hydrogen-bond donors (Lipinski definition) is 3. The van der Waals surface area contributed by atoms with Crippen molar-refractivity contribution >= 4 is 17.6 Å². The van der Waals surface area contributed by atoms with Gasteiger partial charge in [-0.25, -0.2) is 0 Å². The summed E-state index contributed by atoms with van der Waals surface area (Å²) in [4.78, 5) is 38.0. The van der Waals surface area contributed by atoms with Gasteiger partial charge in [0.15, 0.2) is 0 Å². The third-order valence-corrected chi connectivity index (χ3v) is 7.93. The molecule has 1 saturated carbocycles. The molecule has 0 heterocycles. The van der Waals surface area contributed by atoms with Crippen molar-refractivity contribution in [2.45, 2.75) is 77.7 Å². The maximum atomic E-state index is 13.2. The van der Waals surface area contributed by atoms with Crippen molar-refractivity contribution in [2.24, 2.45) is 11.3 Å². The van der Waals surface area contributed by atoms with Gasteiger partial charge in [0.05, 0.1) is 0 Å². The number of rotatable bonds is 11. The molecule has 3 rings (SSSR count). The van der Waals surface area contributed by atoms with Crippen molar-refractivity contribution in [1.82, 2.24) is 10.6 Å². The number of amides is 2. The summed E-state index contributed by atoms with van der Waals surface area (Å²) in [6.45, 7) is 6.71. The number of nitrogens with one attached hydrogen (secondary N) is 2. The predicted octanol–water partition coefficient (Wildman–Crippen LogP) is 5.61. The Kier molecular flexibility index (Phi) is 9.30. The minimum Gasteiger partial charge on any atom is -0.508 e. The second-order valence-corrected chi connectivity index (χ2v) is 10.6. The molecular formula is C30H40N2O4. The molecule has 0 aliphatic heterocycles. The smallest absolute Gasteiger partial charge is 0.251 e. The van der Waals surface area contributed by atoms with Crippen LogP contribution in [0, 0.1) is 11.3 Å². The van der Waals surface area contributed by atoms with E-state index in [1.807, 2.05) is 12.1 Å². The van der Waals surface area contributed by atoms with Crippen LogP contribution in [0.25, 0.3) is 0 Å². The van der Waals surface area contributed by atoms with Crippen LogP contribution in [-0.4, -0.2) is 35.8 Å². The van der Waals surface area contributed by atoms with Crippen LogP contribution < -0.4 is 10.6 Å². The van der Waals surface area contributed by atoms with E-state index in [9.17, 15) is 19.5 Å². The van der Waals surface area contributed by atoms with Crippen LogP contribution in [0.3, 0.4) is 0 Å². The number of aromatic hydroxyl groups is 1. The van der Waals surface area contributed by atoms with Gasteiger partial charge in [-0.1, -0.05) is 51.8 Å². The molecule has 0 saturated heterocycles. The average Bonchev–Trinajstić information content (AvgIpc) is 3.34. The average molecular weight is 493 g/mol. The molecule has 0 radical (unpaired) electrons. The minimum atomic E-state index is -0.248. The molecular weight excluding hydrogens is 452 g/mol. The fourth-order valence-corrected chi connectivity index (χ4v) is 5.34. The first kappa shape index (κ1) is 27.4. The van der Waals surface area contributed by atoms with Crippen LogP contribution >= 0.6 is 0 Å². The Labute approximate surface area is 214 Å². The fourth-order valence-electron chi connectivity index (χ4n) is 5.34. The molecule has 1 aliphatic rings. The molecule has 194 valence electrons. The van der Waals surface area contributed by atoms with Gasteiger partial charge in [-0.05, 0) is 72.9 Å². The van der Waals surface area contributed by atoms with E-state index in [2.05, 4.69) is 31.4 Å². The predicted molar refractivity (Wildman–Crippen MR) is 142 cm³/mol. The maximum Gasteiger partial charge on any atom is 0.251 e. The summed E-state index contributed by atoms with van der Waals surface area (Å²) >= 11 is 0. The Balaban J connectivity index is 1.60. The van der Waals surface area contributed by atoms with E-state index in [0.29, 0.717) is 23.5 Å². The van der Waals surface area contributed by atoms with Crippen LogP contribution in [0.15, 0.2) is 48.5 Å². The largest absolute Gasteiger partial charge is 0.508 e. The highest BCUT2D eigenvalue weighted by Crippen LogP contribution is 2.42. The van der Waals surface area contributed by atoms with E-state index in [1.54, 1.807) is 43.4 Å². The van der Waals surface area contributed by atoms with Crippen molar-refractivity contribution in [3.8, 4) is 5.75 Å². The zero-order chi connectivity index (χ0) is 26.3. The van der Waals surface area contributed by atoms with Gasteiger partial charge in [0.2, 0.25) is 0 Å². The first-order valence-electron chi connectivity index (χ1n) is 13.1. The first-order chi connectivity index (χ1) is 17.2. The van der Waals surface area contributed by atoms with Crippen molar-refractivity contribution in [3.63, 3.8) is 0 Å². The zero-order valence-electron chi connectivity index (χ0n) is 22.0. The Morgan fingerprint density at radius 2 is 1.69 bits per heavy atom. The quantitative estimate of drug-likeness (QED) is 0.380. The molecule has 2 aromatic rings. The lowest BCUT2D eigenvalue weighted by molar-refractivity contribution is -0.123. The molecule has 6 heteroatoms. The third kappa shape index (κ3) is 6.74. The van der Waals surface area contributed by atoms with Crippen LogP contribution in [0.4, 0.5) is 0 Å².